The van der Waals surface area contributed by atoms with Crippen molar-refractivity contribution in [1.29, 1.82) is 0 Å². The van der Waals surface area contributed by atoms with Crippen molar-refractivity contribution in [2.24, 2.45) is 0 Å². The van der Waals surface area contributed by atoms with Gasteiger partial charge in [-0.05, 0) is 44.5 Å². The van der Waals surface area contributed by atoms with E-state index in [1.807, 2.05) is 18.3 Å². The van der Waals surface area contributed by atoms with Gasteiger partial charge in [0, 0.05) is 30.2 Å². The van der Waals surface area contributed by atoms with E-state index in [2.05, 4.69) is 48.1 Å². The fourth-order valence-corrected chi connectivity index (χ4v) is 3.26. The van der Waals surface area contributed by atoms with Gasteiger partial charge >= 0.3 is 0 Å². The van der Waals surface area contributed by atoms with Crippen LogP contribution in [0.2, 0.25) is 0 Å². The van der Waals surface area contributed by atoms with E-state index >= 15 is 0 Å². The predicted molar refractivity (Wildman–Crippen MR) is 112 cm³/mol. The van der Waals surface area contributed by atoms with Gasteiger partial charge in [-0.2, -0.15) is 0 Å². The van der Waals surface area contributed by atoms with E-state index in [1.165, 1.54) is 38.8 Å². The van der Waals surface area contributed by atoms with Crippen molar-refractivity contribution in [3.63, 3.8) is 0 Å². The molecule has 2 rings (SSSR count). The van der Waals surface area contributed by atoms with Gasteiger partial charge in [0.1, 0.15) is 5.75 Å². The Balaban J connectivity index is 2.16. The van der Waals surface area contributed by atoms with Gasteiger partial charge in [0.15, 0.2) is 0 Å². The van der Waals surface area contributed by atoms with Crippen LogP contribution in [0.4, 0.5) is 5.69 Å². The smallest absolute Gasteiger partial charge is 0.121 e. The van der Waals surface area contributed by atoms with Crippen molar-refractivity contribution in [2.45, 2.75) is 58.9 Å². The van der Waals surface area contributed by atoms with Gasteiger partial charge in [0.05, 0.1) is 18.3 Å². The van der Waals surface area contributed by atoms with E-state index in [1.54, 1.807) is 7.11 Å². The molecule has 1 heterocycles. The average Bonchev–Trinajstić information content (AvgIpc) is 2.68. The molecule has 1 N–H and O–H groups in total. The number of rotatable bonds is 12. The van der Waals surface area contributed by atoms with E-state index in [-0.39, 0.29) is 0 Å². The lowest BCUT2D eigenvalue weighted by molar-refractivity contribution is 0.252. The molecular formula is C22H35N3O. The lowest BCUT2D eigenvalue weighted by Gasteiger charge is -2.28. The fraction of sp³-hybridized carbons (Fsp3) is 0.591. The molecular weight excluding hydrogens is 322 g/mol. The van der Waals surface area contributed by atoms with E-state index in [9.17, 15) is 0 Å². The first-order chi connectivity index (χ1) is 12.7. The van der Waals surface area contributed by atoms with Crippen molar-refractivity contribution in [3.05, 3.63) is 30.5 Å². The van der Waals surface area contributed by atoms with Crippen LogP contribution in [0, 0.1) is 0 Å². The Labute approximate surface area is 159 Å². The summed E-state index contributed by atoms with van der Waals surface area (Å²) >= 11 is 0. The standard InChI is InChI=1S/C22H35N3O/c1-5-8-13-25(14-9-6-2)17-19(7-3)24-21-16-20(26-4)15-18-11-10-12-23-22(18)21/h10-12,15-16,19,24H,5-9,13-14,17H2,1-4H3. The fourth-order valence-electron chi connectivity index (χ4n) is 3.26. The number of anilines is 1. The molecule has 144 valence electrons. The zero-order chi connectivity index (χ0) is 18.8. The Kier molecular flexibility index (Phi) is 8.69. The maximum atomic E-state index is 5.49. The molecule has 0 aliphatic carbocycles. The third-order valence-corrected chi connectivity index (χ3v) is 4.90. The number of unbranched alkanes of at least 4 members (excludes halogenated alkanes) is 2. The number of hydrogen-bond donors (Lipinski definition) is 1. The molecule has 1 aromatic carbocycles. The number of aromatic nitrogens is 1. The quantitative estimate of drug-likeness (QED) is 0.556. The summed E-state index contributed by atoms with van der Waals surface area (Å²) in [4.78, 5) is 7.21. The first-order valence-corrected chi connectivity index (χ1v) is 10.1. The summed E-state index contributed by atoms with van der Waals surface area (Å²) < 4.78 is 5.49. The van der Waals surface area contributed by atoms with Gasteiger partial charge in [0.2, 0.25) is 0 Å². The molecule has 0 radical (unpaired) electrons. The first-order valence-electron chi connectivity index (χ1n) is 10.1. The Morgan fingerprint density at radius 1 is 1.12 bits per heavy atom. The highest BCUT2D eigenvalue weighted by Crippen LogP contribution is 2.28. The second kappa shape index (κ2) is 11.0. The van der Waals surface area contributed by atoms with E-state index in [0.29, 0.717) is 6.04 Å². The molecule has 1 aromatic heterocycles. The third kappa shape index (κ3) is 5.87. The molecule has 2 aromatic rings. The highest BCUT2D eigenvalue weighted by molar-refractivity contribution is 5.91. The average molecular weight is 358 g/mol. The summed E-state index contributed by atoms with van der Waals surface area (Å²) in [5.41, 5.74) is 2.08. The van der Waals surface area contributed by atoms with Gasteiger partial charge in [0.25, 0.3) is 0 Å². The molecule has 0 aliphatic rings. The van der Waals surface area contributed by atoms with Gasteiger partial charge in [-0.15, -0.1) is 0 Å². The second-order valence-corrected chi connectivity index (χ2v) is 7.01. The normalized spacial score (nSPS) is 12.5. The van der Waals surface area contributed by atoms with Gasteiger partial charge < -0.3 is 15.0 Å². The summed E-state index contributed by atoms with van der Waals surface area (Å²) in [7, 11) is 1.72. The van der Waals surface area contributed by atoms with Crippen LogP contribution in [0.25, 0.3) is 10.9 Å². The van der Waals surface area contributed by atoms with Crippen LogP contribution < -0.4 is 10.1 Å². The van der Waals surface area contributed by atoms with Gasteiger partial charge in [-0.25, -0.2) is 0 Å². The Hall–Kier alpha value is -1.81. The van der Waals surface area contributed by atoms with Crippen LogP contribution in [0.1, 0.15) is 52.9 Å². The molecule has 0 saturated carbocycles. The molecule has 0 bridgehead atoms. The maximum Gasteiger partial charge on any atom is 0.121 e. The molecule has 26 heavy (non-hydrogen) atoms. The van der Waals surface area contributed by atoms with Gasteiger partial charge in [-0.3, -0.25) is 4.98 Å². The van der Waals surface area contributed by atoms with Crippen molar-refractivity contribution in [2.75, 3.05) is 32.1 Å². The predicted octanol–water partition coefficient (Wildman–Crippen LogP) is 5.34. The molecule has 4 nitrogen and oxygen atoms in total. The zero-order valence-electron chi connectivity index (χ0n) is 16.9. The lowest BCUT2D eigenvalue weighted by atomic mass is 10.1. The number of pyridine rings is 1. The molecule has 0 saturated heterocycles. The molecule has 0 amide bonds. The lowest BCUT2D eigenvalue weighted by Crippen LogP contribution is -2.37. The number of ether oxygens (including phenoxy) is 1. The van der Waals surface area contributed by atoms with Crippen molar-refractivity contribution < 1.29 is 4.74 Å². The minimum atomic E-state index is 0.404. The minimum Gasteiger partial charge on any atom is -0.497 e. The Bertz CT molecular complexity index is 651. The second-order valence-electron chi connectivity index (χ2n) is 7.01. The first kappa shape index (κ1) is 20.5. The van der Waals surface area contributed by atoms with Crippen LogP contribution in [-0.2, 0) is 0 Å². The maximum absolute atomic E-state index is 5.49. The largest absolute Gasteiger partial charge is 0.497 e. The molecule has 1 unspecified atom stereocenters. The SMILES string of the molecule is CCCCN(CCCC)CC(CC)Nc1cc(OC)cc2cccnc12. The summed E-state index contributed by atoms with van der Waals surface area (Å²) in [6.45, 7) is 10.2. The van der Waals surface area contributed by atoms with E-state index in [0.717, 1.165) is 35.3 Å². The Morgan fingerprint density at radius 3 is 2.46 bits per heavy atom. The number of fused-ring (bicyclic) bond motifs is 1. The van der Waals surface area contributed by atoms with E-state index in [4.69, 9.17) is 4.74 Å². The topological polar surface area (TPSA) is 37.4 Å². The van der Waals surface area contributed by atoms with Gasteiger partial charge in [-0.1, -0.05) is 39.7 Å². The Morgan fingerprint density at radius 2 is 1.85 bits per heavy atom. The van der Waals surface area contributed by atoms with Crippen LogP contribution in [-0.4, -0.2) is 42.7 Å². The number of nitrogens with zero attached hydrogens (tertiary/aromatic N) is 2. The zero-order valence-corrected chi connectivity index (χ0v) is 16.9. The number of hydrogen-bond acceptors (Lipinski definition) is 4. The summed E-state index contributed by atoms with van der Waals surface area (Å²) in [6.07, 6.45) is 7.97. The molecule has 0 spiro atoms. The van der Waals surface area contributed by atoms with Crippen LogP contribution in [0.15, 0.2) is 30.5 Å². The molecule has 1 atom stereocenters. The number of benzene rings is 1. The van der Waals surface area contributed by atoms with Crippen molar-refractivity contribution in [1.82, 2.24) is 9.88 Å². The van der Waals surface area contributed by atoms with Crippen LogP contribution in [0.5, 0.6) is 5.75 Å². The number of methoxy groups -OCH3 is 1. The van der Waals surface area contributed by atoms with Crippen LogP contribution >= 0.6 is 0 Å². The number of nitrogens with one attached hydrogen (secondary N) is 1. The van der Waals surface area contributed by atoms with Crippen LogP contribution in [0.3, 0.4) is 0 Å². The summed E-state index contributed by atoms with van der Waals surface area (Å²) in [6, 6.07) is 8.58. The summed E-state index contributed by atoms with van der Waals surface area (Å²) in [5, 5.41) is 4.85. The molecule has 4 heteroatoms. The monoisotopic (exact) mass is 357 g/mol. The van der Waals surface area contributed by atoms with E-state index < -0.39 is 0 Å². The van der Waals surface area contributed by atoms with Crippen molar-refractivity contribution >= 4 is 16.6 Å². The highest BCUT2D eigenvalue weighted by Gasteiger charge is 2.15. The minimum absolute atomic E-state index is 0.404. The van der Waals surface area contributed by atoms with Crippen molar-refractivity contribution in [3.8, 4) is 5.75 Å². The molecule has 0 fully saturated rings. The summed E-state index contributed by atoms with van der Waals surface area (Å²) in [5.74, 6) is 0.872. The highest BCUT2D eigenvalue weighted by atomic mass is 16.5. The molecule has 0 aliphatic heterocycles. The third-order valence-electron chi connectivity index (χ3n) is 4.90.